The number of nitrogens with one attached hydrogen (secondary N) is 2. The highest BCUT2D eigenvalue weighted by Crippen LogP contribution is 2.18. The number of nitrogens with zero attached hydrogens (tertiary/aromatic N) is 2. The van der Waals surface area contributed by atoms with Crippen molar-refractivity contribution in [2.24, 2.45) is 0 Å². The van der Waals surface area contributed by atoms with E-state index in [-0.39, 0.29) is 11.5 Å². The third-order valence-electron chi connectivity index (χ3n) is 3.14. The van der Waals surface area contributed by atoms with Crippen molar-refractivity contribution in [3.63, 3.8) is 0 Å². The lowest BCUT2D eigenvalue weighted by Gasteiger charge is -2.19. The summed E-state index contributed by atoms with van der Waals surface area (Å²) in [5, 5.41) is 3.45. The van der Waals surface area contributed by atoms with Crippen LogP contribution in [0.5, 0.6) is 0 Å². The molecule has 1 saturated carbocycles. The first kappa shape index (κ1) is 13.1. The van der Waals surface area contributed by atoms with Gasteiger partial charge in [0.05, 0.1) is 0 Å². The quantitative estimate of drug-likeness (QED) is 0.793. The second kappa shape index (κ2) is 5.52. The summed E-state index contributed by atoms with van der Waals surface area (Å²) in [6.45, 7) is 5.85. The Bertz CT molecular complexity index is 451. The van der Waals surface area contributed by atoms with Gasteiger partial charge >= 0.3 is 0 Å². The lowest BCUT2D eigenvalue weighted by Crippen LogP contribution is -2.31. The van der Waals surface area contributed by atoms with E-state index in [2.05, 4.69) is 15.3 Å². The van der Waals surface area contributed by atoms with E-state index in [1.165, 1.54) is 12.8 Å². The first-order valence-corrected chi connectivity index (χ1v) is 6.62. The number of hydrogen-bond acceptors (Lipinski definition) is 4. The molecule has 18 heavy (non-hydrogen) atoms. The van der Waals surface area contributed by atoms with E-state index in [1.807, 2.05) is 25.8 Å². The highest BCUT2D eigenvalue weighted by molar-refractivity contribution is 5.36. The summed E-state index contributed by atoms with van der Waals surface area (Å²) in [7, 11) is 1.97. The van der Waals surface area contributed by atoms with Crippen molar-refractivity contribution in [1.82, 2.24) is 15.3 Å². The molecular weight excluding hydrogens is 228 g/mol. The Morgan fingerprint density at radius 3 is 2.89 bits per heavy atom. The molecule has 0 saturated heterocycles. The van der Waals surface area contributed by atoms with Gasteiger partial charge in [-0.15, -0.1) is 0 Å². The number of aromatic amines is 1. The van der Waals surface area contributed by atoms with Crippen LogP contribution in [-0.4, -0.2) is 36.1 Å². The predicted molar refractivity (Wildman–Crippen MR) is 73.2 cm³/mol. The Morgan fingerprint density at radius 1 is 1.56 bits per heavy atom. The molecular formula is C13H22N4O. The van der Waals surface area contributed by atoms with E-state index in [4.69, 9.17) is 0 Å². The third kappa shape index (κ3) is 3.57. The Labute approximate surface area is 108 Å². The van der Waals surface area contributed by atoms with Gasteiger partial charge in [-0.05, 0) is 12.8 Å². The number of H-pyrrole nitrogens is 1. The van der Waals surface area contributed by atoms with Crippen LogP contribution in [0.2, 0.25) is 0 Å². The van der Waals surface area contributed by atoms with Crippen molar-refractivity contribution in [3.8, 4) is 0 Å². The third-order valence-corrected chi connectivity index (χ3v) is 3.14. The molecule has 1 aromatic heterocycles. The summed E-state index contributed by atoms with van der Waals surface area (Å²) in [6.07, 6.45) is 2.59. The molecule has 1 aromatic rings. The van der Waals surface area contributed by atoms with Crippen LogP contribution in [-0.2, 0) is 0 Å². The van der Waals surface area contributed by atoms with Crippen LogP contribution in [0.1, 0.15) is 38.4 Å². The molecule has 100 valence electrons. The number of aromatic nitrogens is 2. The lowest BCUT2D eigenvalue weighted by atomic mass is 10.2. The van der Waals surface area contributed by atoms with Crippen LogP contribution in [0, 0.1) is 0 Å². The summed E-state index contributed by atoms with van der Waals surface area (Å²) < 4.78 is 0. The minimum absolute atomic E-state index is 0.0781. The molecule has 2 rings (SSSR count). The van der Waals surface area contributed by atoms with Gasteiger partial charge < -0.3 is 15.2 Å². The molecule has 1 heterocycles. The highest BCUT2D eigenvalue weighted by Gasteiger charge is 2.20. The standard InChI is InChI=1S/C13H22N4O/c1-9(2)13-15-11(8-12(18)16-13)17(3)7-6-14-10-4-5-10/h8-10,14H,4-7H2,1-3H3,(H,15,16,18). The zero-order chi connectivity index (χ0) is 13.1. The van der Waals surface area contributed by atoms with Gasteiger partial charge in [0.2, 0.25) is 0 Å². The molecule has 0 aromatic carbocycles. The van der Waals surface area contributed by atoms with E-state index in [0.717, 1.165) is 30.8 Å². The Morgan fingerprint density at radius 2 is 2.28 bits per heavy atom. The minimum Gasteiger partial charge on any atom is -0.358 e. The van der Waals surface area contributed by atoms with Crippen molar-refractivity contribution in [1.29, 1.82) is 0 Å². The fourth-order valence-corrected chi connectivity index (χ4v) is 1.77. The van der Waals surface area contributed by atoms with Gasteiger partial charge in [-0.2, -0.15) is 0 Å². The smallest absolute Gasteiger partial charge is 0.252 e. The number of hydrogen-bond donors (Lipinski definition) is 2. The molecule has 1 aliphatic rings. The monoisotopic (exact) mass is 250 g/mol. The SMILES string of the molecule is CC(C)c1nc(N(C)CCNC2CC2)cc(=O)[nH]1. The Kier molecular flexibility index (Phi) is 4.01. The second-order valence-corrected chi connectivity index (χ2v) is 5.29. The maximum Gasteiger partial charge on any atom is 0.252 e. The van der Waals surface area contributed by atoms with Crippen LogP contribution in [0.3, 0.4) is 0 Å². The summed E-state index contributed by atoms with van der Waals surface area (Å²) in [5.74, 6) is 1.73. The molecule has 0 atom stereocenters. The summed E-state index contributed by atoms with van der Waals surface area (Å²) in [6, 6.07) is 2.28. The normalized spacial score (nSPS) is 15.1. The summed E-state index contributed by atoms with van der Waals surface area (Å²) in [4.78, 5) is 20.9. The van der Waals surface area contributed by atoms with Crippen molar-refractivity contribution in [2.45, 2.75) is 38.6 Å². The van der Waals surface area contributed by atoms with Gasteiger partial charge in [0.15, 0.2) is 0 Å². The van der Waals surface area contributed by atoms with Gasteiger partial charge in [0.25, 0.3) is 5.56 Å². The second-order valence-electron chi connectivity index (χ2n) is 5.29. The Hall–Kier alpha value is -1.36. The van der Waals surface area contributed by atoms with Crippen LogP contribution < -0.4 is 15.8 Å². The van der Waals surface area contributed by atoms with Crippen LogP contribution >= 0.6 is 0 Å². The summed E-state index contributed by atoms with van der Waals surface area (Å²) in [5.41, 5.74) is -0.0781. The molecule has 0 bridgehead atoms. The topological polar surface area (TPSA) is 61.0 Å². The molecule has 0 amide bonds. The minimum atomic E-state index is -0.0781. The number of anilines is 1. The number of rotatable bonds is 6. The predicted octanol–water partition coefficient (Wildman–Crippen LogP) is 1.08. The van der Waals surface area contributed by atoms with Crippen LogP contribution in [0.15, 0.2) is 10.9 Å². The van der Waals surface area contributed by atoms with Crippen LogP contribution in [0.25, 0.3) is 0 Å². The first-order chi connectivity index (χ1) is 8.56. The molecule has 1 fully saturated rings. The molecule has 5 nitrogen and oxygen atoms in total. The van der Waals surface area contributed by atoms with Crippen molar-refractivity contribution < 1.29 is 0 Å². The lowest BCUT2D eigenvalue weighted by molar-refractivity contribution is 0.669. The molecule has 0 aliphatic heterocycles. The van der Waals surface area contributed by atoms with Gasteiger partial charge in [0.1, 0.15) is 11.6 Å². The van der Waals surface area contributed by atoms with E-state index in [1.54, 1.807) is 6.07 Å². The highest BCUT2D eigenvalue weighted by atomic mass is 16.1. The van der Waals surface area contributed by atoms with Gasteiger partial charge in [-0.1, -0.05) is 13.8 Å². The average Bonchev–Trinajstić information content (AvgIpc) is 3.12. The molecule has 0 unspecified atom stereocenters. The van der Waals surface area contributed by atoms with Crippen LogP contribution in [0.4, 0.5) is 5.82 Å². The largest absolute Gasteiger partial charge is 0.358 e. The molecule has 5 heteroatoms. The van der Waals surface area contributed by atoms with E-state index in [0.29, 0.717) is 0 Å². The first-order valence-electron chi connectivity index (χ1n) is 6.62. The van der Waals surface area contributed by atoms with E-state index < -0.39 is 0 Å². The maximum absolute atomic E-state index is 11.6. The van der Waals surface area contributed by atoms with E-state index in [9.17, 15) is 4.79 Å². The van der Waals surface area contributed by atoms with Gasteiger partial charge in [-0.3, -0.25) is 4.79 Å². The molecule has 0 spiro atoms. The average molecular weight is 250 g/mol. The molecule has 0 radical (unpaired) electrons. The Balaban J connectivity index is 1.98. The zero-order valence-electron chi connectivity index (χ0n) is 11.4. The van der Waals surface area contributed by atoms with Gasteiger partial charge in [-0.25, -0.2) is 4.98 Å². The maximum atomic E-state index is 11.6. The number of likely N-dealkylation sites (N-methyl/N-ethyl adjacent to an activating group) is 1. The fraction of sp³-hybridized carbons (Fsp3) is 0.692. The summed E-state index contributed by atoms with van der Waals surface area (Å²) >= 11 is 0. The fourth-order valence-electron chi connectivity index (χ4n) is 1.77. The van der Waals surface area contributed by atoms with E-state index >= 15 is 0 Å². The molecule has 1 aliphatic carbocycles. The molecule has 2 N–H and O–H groups in total. The van der Waals surface area contributed by atoms with Crippen molar-refractivity contribution in [2.75, 3.05) is 25.0 Å². The zero-order valence-corrected chi connectivity index (χ0v) is 11.4. The van der Waals surface area contributed by atoms with Crippen molar-refractivity contribution in [3.05, 3.63) is 22.2 Å². The van der Waals surface area contributed by atoms with Gasteiger partial charge in [0, 0.05) is 38.2 Å². The van der Waals surface area contributed by atoms with Crippen molar-refractivity contribution >= 4 is 5.82 Å².